The summed E-state index contributed by atoms with van der Waals surface area (Å²) >= 11 is 0. The number of nitrogens with two attached hydrogens (primary N) is 1. The molecule has 0 aliphatic rings. The van der Waals surface area contributed by atoms with E-state index in [0.29, 0.717) is 30.0 Å². The zero-order valence-corrected chi connectivity index (χ0v) is 17.0. The predicted octanol–water partition coefficient (Wildman–Crippen LogP) is 1.80. The molecule has 150 valence electrons. The second kappa shape index (κ2) is 12.3. The molecule has 27 heavy (non-hydrogen) atoms. The first-order valence-electron chi connectivity index (χ1n) is 8.07. The first-order chi connectivity index (χ1) is 12.0. The second-order valence-electron chi connectivity index (χ2n) is 5.95. The average Bonchev–Trinajstić information content (AvgIpc) is 3.09. The van der Waals surface area contributed by atoms with Crippen LogP contribution in [0.3, 0.4) is 0 Å². The van der Waals surface area contributed by atoms with Crippen molar-refractivity contribution in [3.63, 3.8) is 0 Å². The van der Waals surface area contributed by atoms with Crippen LogP contribution in [-0.4, -0.2) is 43.9 Å². The summed E-state index contributed by atoms with van der Waals surface area (Å²) < 4.78 is 5.15. The number of carbonyl (C=O) groups excluding carboxylic acids is 2. The molecule has 2 aromatic rings. The standard InChI is InChI=1S/C18H24N4O3.2ClH/c1-22(2)7-6-20-17(23)14-5-3-4-13(8-14)11-21-18(24)15-9-16(10-19)25-12-15;;/h3-5,8-9,12H,6-7,10-11,19H2,1-2H3,(H,20,23)(H,21,24);2*1H. The topological polar surface area (TPSA) is 101 Å². The lowest BCUT2D eigenvalue weighted by Crippen LogP contribution is -2.31. The third-order valence-electron chi connectivity index (χ3n) is 3.60. The second-order valence-corrected chi connectivity index (χ2v) is 5.95. The monoisotopic (exact) mass is 416 g/mol. The quantitative estimate of drug-likeness (QED) is 0.608. The van der Waals surface area contributed by atoms with Gasteiger partial charge in [-0.1, -0.05) is 12.1 Å². The summed E-state index contributed by atoms with van der Waals surface area (Å²) in [6.45, 7) is 1.92. The number of carbonyl (C=O) groups is 2. The van der Waals surface area contributed by atoms with Crippen molar-refractivity contribution in [2.24, 2.45) is 5.73 Å². The highest BCUT2D eigenvalue weighted by Crippen LogP contribution is 2.09. The van der Waals surface area contributed by atoms with Crippen LogP contribution in [0.15, 0.2) is 41.0 Å². The highest BCUT2D eigenvalue weighted by atomic mass is 35.5. The van der Waals surface area contributed by atoms with E-state index >= 15 is 0 Å². The predicted molar refractivity (Wildman–Crippen MR) is 110 cm³/mol. The SMILES string of the molecule is CN(C)CCNC(=O)c1cccc(CNC(=O)c2coc(CN)c2)c1.Cl.Cl. The van der Waals surface area contributed by atoms with E-state index in [-0.39, 0.29) is 43.2 Å². The van der Waals surface area contributed by atoms with Gasteiger partial charge in [-0.3, -0.25) is 9.59 Å². The number of furan rings is 1. The lowest BCUT2D eigenvalue weighted by atomic mass is 10.1. The highest BCUT2D eigenvalue weighted by molar-refractivity contribution is 5.95. The van der Waals surface area contributed by atoms with Crippen molar-refractivity contribution in [3.8, 4) is 0 Å². The van der Waals surface area contributed by atoms with Crippen LogP contribution < -0.4 is 16.4 Å². The number of benzene rings is 1. The van der Waals surface area contributed by atoms with Gasteiger partial charge in [-0.15, -0.1) is 24.8 Å². The fourth-order valence-corrected chi connectivity index (χ4v) is 2.21. The summed E-state index contributed by atoms with van der Waals surface area (Å²) in [6.07, 6.45) is 1.38. The van der Waals surface area contributed by atoms with Crippen molar-refractivity contribution in [2.75, 3.05) is 27.2 Å². The van der Waals surface area contributed by atoms with Crippen LogP contribution in [0.25, 0.3) is 0 Å². The fourth-order valence-electron chi connectivity index (χ4n) is 2.21. The van der Waals surface area contributed by atoms with Crippen molar-refractivity contribution in [1.29, 1.82) is 0 Å². The van der Waals surface area contributed by atoms with Gasteiger partial charge < -0.3 is 25.7 Å². The molecule has 0 bridgehead atoms. The largest absolute Gasteiger partial charge is 0.467 e. The van der Waals surface area contributed by atoms with Crippen molar-refractivity contribution in [2.45, 2.75) is 13.1 Å². The van der Waals surface area contributed by atoms with Gasteiger partial charge in [-0.05, 0) is 37.9 Å². The molecule has 0 spiro atoms. The number of nitrogens with one attached hydrogen (secondary N) is 2. The smallest absolute Gasteiger partial charge is 0.254 e. The summed E-state index contributed by atoms with van der Waals surface area (Å²) in [4.78, 5) is 26.2. The Morgan fingerprint density at radius 2 is 1.78 bits per heavy atom. The maximum absolute atomic E-state index is 12.1. The molecule has 0 unspecified atom stereocenters. The van der Waals surface area contributed by atoms with Crippen molar-refractivity contribution >= 4 is 36.6 Å². The molecule has 0 saturated heterocycles. The van der Waals surface area contributed by atoms with Crippen LogP contribution in [-0.2, 0) is 13.1 Å². The van der Waals surface area contributed by atoms with Crippen LogP contribution in [0.1, 0.15) is 32.0 Å². The minimum Gasteiger partial charge on any atom is -0.467 e. The highest BCUT2D eigenvalue weighted by Gasteiger charge is 2.10. The molecule has 2 rings (SSSR count). The Balaban J connectivity index is 0.00000338. The van der Waals surface area contributed by atoms with Gasteiger partial charge in [0.2, 0.25) is 0 Å². The number of likely N-dealkylation sites (N-methyl/N-ethyl adjacent to an activating group) is 1. The Labute approximate surface area is 171 Å². The Morgan fingerprint density at radius 1 is 1.07 bits per heavy atom. The van der Waals surface area contributed by atoms with E-state index in [9.17, 15) is 9.59 Å². The number of amides is 2. The molecule has 0 saturated carbocycles. The molecule has 1 aromatic heterocycles. The minimum absolute atomic E-state index is 0. The third-order valence-corrected chi connectivity index (χ3v) is 3.60. The molecule has 0 atom stereocenters. The number of hydrogen-bond donors (Lipinski definition) is 3. The van der Waals surface area contributed by atoms with Gasteiger partial charge in [0.25, 0.3) is 11.8 Å². The lowest BCUT2D eigenvalue weighted by Gasteiger charge is -2.11. The summed E-state index contributed by atoms with van der Waals surface area (Å²) in [5, 5.41) is 5.66. The molecule has 0 fully saturated rings. The molecule has 1 heterocycles. The van der Waals surface area contributed by atoms with Crippen LogP contribution >= 0.6 is 24.8 Å². The lowest BCUT2D eigenvalue weighted by molar-refractivity contribution is 0.0944. The van der Waals surface area contributed by atoms with Gasteiger partial charge in [-0.25, -0.2) is 0 Å². The zero-order valence-electron chi connectivity index (χ0n) is 15.4. The van der Waals surface area contributed by atoms with Gasteiger partial charge in [0, 0.05) is 25.2 Å². The molecule has 9 heteroatoms. The number of halogens is 2. The van der Waals surface area contributed by atoms with Crippen LogP contribution in [0.4, 0.5) is 0 Å². The first-order valence-corrected chi connectivity index (χ1v) is 8.07. The number of rotatable bonds is 8. The van der Waals surface area contributed by atoms with E-state index in [1.807, 2.05) is 25.1 Å². The van der Waals surface area contributed by atoms with Crippen LogP contribution in [0.5, 0.6) is 0 Å². The molecule has 2 amide bonds. The molecule has 1 aromatic carbocycles. The van der Waals surface area contributed by atoms with Crippen molar-refractivity contribution in [1.82, 2.24) is 15.5 Å². The molecule has 7 nitrogen and oxygen atoms in total. The van der Waals surface area contributed by atoms with E-state index in [0.717, 1.165) is 12.1 Å². The Kier molecular flexibility index (Phi) is 11.4. The Morgan fingerprint density at radius 3 is 2.41 bits per heavy atom. The summed E-state index contributed by atoms with van der Waals surface area (Å²) in [7, 11) is 3.90. The van der Waals surface area contributed by atoms with E-state index in [4.69, 9.17) is 10.2 Å². The summed E-state index contributed by atoms with van der Waals surface area (Å²) in [6, 6.07) is 8.79. The number of nitrogens with zero attached hydrogens (tertiary/aromatic N) is 1. The normalized spacial score (nSPS) is 9.93. The van der Waals surface area contributed by atoms with Gasteiger partial charge in [0.15, 0.2) is 0 Å². The number of hydrogen-bond acceptors (Lipinski definition) is 5. The van der Waals surface area contributed by atoms with Crippen molar-refractivity contribution < 1.29 is 14.0 Å². The van der Waals surface area contributed by atoms with Gasteiger partial charge in [0.1, 0.15) is 12.0 Å². The Bertz CT molecular complexity index is 735. The molecule has 4 N–H and O–H groups in total. The molecular weight excluding hydrogens is 391 g/mol. The fraction of sp³-hybridized carbons (Fsp3) is 0.333. The van der Waals surface area contributed by atoms with Gasteiger partial charge in [0.05, 0.1) is 12.1 Å². The summed E-state index contributed by atoms with van der Waals surface area (Å²) in [5.41, 5.74) is 7.30. The van der Waals surface area contributed by atoms with Gasteiger partial charge >= 0.3 is 0 Å². The van der Waals surface area contributed by atoms with Crippen molar-refractivity contribution in [3.05, 3.63) is 59.0 Å². The Hall–Kier alpha value is -2.06. The molecular formula is C18H26Cl2N4O3. The van der Waals surface area contributed by atoms with E-state index in [1.165, 1.54) is 6.26 Å². The molecule has 0 aliphatic heterocycles. The minimum atomic E-state index is -0.246. The maximum Gasteiger partial charge on any atom is 0.254 e. The average molecular weight is 417 g/mol. The van der Waals surface area contributed by atoms with Gasteiger partial charge in [-0.2, -0.15) is 0 Å². The van der Waals surface area contributed by atoms with Crippen LogP contribution in [0.2, 0.25) is 0 Å². The van der Waals surface area contributed by atoms with Crippen LogP contribution in [0, 0.1) is 0 Å². The maximum atomic E-state index is 12.1. The van der Waals surface area contributed by atoms with E-state index in [1.54, 1.807) is 24.3 Å². The van der Waals surface area contributed by atoms with E-state index < -0.39 is 0 Å². The third kappa shape index (κ3) is 8.01. The summed E-state index contributed by atoms with van der Waals surface area (Å²) in [5.74, 6) is 0.184. The first kappa shape index (κ1) is 24.9. The zero-order chi connectivity index (χ0) is 18.2. The molecule has 0 aliphatic carbocycles. The van der Waals surface area contributed by atoms with E-state index in [2.05, 4.69) is 10.6 Å². The molecule has 0 radical (unpaired) electrons.